The maximum atomic E-state index is 2.43. The van der Waals surface area contributed by atoms with Crippen LogP contribution in [0.5, 0.6) is 0 Å². The summed E-state index contributed by atoms with van der Waals surface area (Å²) in [6.45, 7) is 2.21. The Morgan fingerprint density at radius 3 is 2.86 bits per heavy atom. The van der Waals surface area contributed by atoms with Gasteiger partial charge in [0.15, 0.2) is 5.69 Å². The van der Waals surface area contributed by atoms with Crippen molar-refractivity contribution >= 4 is 27.9 Å². The minimum absolute atomic E-state index is 1.18. The van der Waals surface area contributed by atoms with Gasteiger partial charge in [-0.3, -0.25) is 0 Å². The third-order valence-corrected chi connectivity index (χ3v) is 6.17. The normalized spacial score (nSPS) is 13.8. The minimum atomic E-state index is 1.18. The van der Waals surface area contributed by atoms with E-state index in [0.29, 0.717) is 0 Å². The Bertz CT molecular complexity index is 833. The molecule has 0 aliphatic heterocycles. The predicted molar refractivity (Wildman–Crippen MR) is 91.5 cm³/mol. The van der Waals surface area contributed by atoms with Crippen molar-refractivity contribution in [3.63, 3.8) is 0 Å². The van der Waals surface area contributed by atoms with E-state index < -0.39 is 0 Å². The lowest BCUT2D eigenvalue weighted by molar-refractivity contribution is -0.558. The van der Waals surface area contributed by atoms with E-state index in [9.17, 15) is 0 Å². The maximum Gasteiger partial charge on any atom is 0.268 e. The summed E-state index contributed by atoms with van der Waals surface area (Å²) < 4.78 is 2.43. The van der Waals surface area contributed by atoms with Crippen molar-refractivity contribution in [3.8, 4) is 11.1 Å². The van der Waals surface area contributed by atoms with Crippen molar-refractivity contribution in [1.29, 1.82) is 0 Å². The molecular formula is C18H18NS2+. The Kier molecular flexibility index (Phi) is 3.27. The maximum absolute atomic E-state index is 2.43. The monoisotopic (exact) mass is 312 g/mol. The molecule has 2 heterocycles. The summed E-state index contributed by atoms with van der Waals surface area (Å²) in [6, 6.07) is 11.3. The molecule has 1 aliphatic rings. The molecule has 0 spiro atoms. The number of aryl methyl sites for hydroxylation is 2. The number of thioether (sulfide) groups is 1. The Morgan fingerprint density at radius 1 is 1.14 bits per heavy atom. The highest BCUT2D eigenvalue weighted by molar-refractivity contribution is 7.98. The number of benzene rings is 1. The van der Waals surface area contributed by atoms with E-state index in [-0.39, 0.29) is 0 Å². The first kappa shape index (κ1) is 13.4. The molecule has 0 N–H and O–H groups in total. The molecule has 3 heteroatoms. The van der Waals surface area contributed by atoms with E-state index in [1.807, 2.05) is 23.1 Å². The highest BCUT2D eigenvalue weighted by atomic mass is 32.2. The van der Waals surface area contributed by atoms with Gasteiger partial charge in [-0.05, 0) is 42.2 Å². The summed E-state index contributed by atoms with van der Waals surface area (Å²) in [6.07, 6.45) is 5.82. The van der Waals surface area contributed by atoms with Gasteiger partial charge in [0, 0.05) is 18.6 Å². The summed E-state index contributed by atoms with van der Waals surface area (Å²) >= 11 is 3.73. The van der Waals surface area contributed by atoms with Gasteiger partial charge >= 0.3 is 0 Å². The van der Waals surface area contributed by atoms with Crippen molar-refractivity contribution in [1.82, 2.24) is 0 Å². The average molecular weight is 312 g/mol. The van der Waals surface area contributed by atoms with Crippen LogP contribution in [0.15, 0.2) is 40.7 Å². The lowest BCUT2D eigenvalue weighted by atomic mass is 9.98. The van der Waals surface area contributed by atoms with Crippen LogP contribution in [0.4, 0.5) is 0 Å². The highest BCUT2D eigenvalue weighted by Crippen LogP contribution is 2.37. The molecule has 0 amide bonds. The third kappa shape index (κ3) is 2.02. The summed E-state index contributed by atoms with van der Waals surface area (Å²) in [7, 11) is 0. The summed E-state index contributed by atoms with van der Waals surface area (Å²) in [5, 5.41) is 3.69. The second-order valence-corrected chi connectivity index (χ2v) is 7.29. The first-order valence-corrected chi connectivity index (χ1v) is 9.48. The lowest BCUT2D eigenvalue weighted by Gasteiger charge is -2.10. The van der Waals surface area contributed by atoms with E-state index in [0.717, 1.165) is 0 Å². The topological polar surface area (TPSA) is 4.10 Å². The Labute approximate surface area is 133 Å². The number of thiazole rings is 1. The van der Waals surface area contributed by atoms with Crippen LogP contribution in [0.1, 0.15) is 23.2 Å². The fourth-order valence-electron chi connectivity index (χ4n) is 3.40. The van der Waals surface area contributed by atoms with Crippen LogP contribution >= 0.6 is 23.1 Å². The average Bonchev–Trinajstić information content (AvgIpc) is 2.78. The summed E-state index contributed by atoms with van der Waals surface area (Å²) in [5.41, 5.74) is 7.27. The lowest BCUT2D eigenvalue weighted by Crippen LogP contribution is -2.27. The molecule has 0 unspecified atom stereocenters. The zero-order valence-electron chi connectivity index (χ0n) is 12.3. The Morgan fingerprint density at radius 2 is 2.00 bits per heavy atom. The van der Waals surface area contributed by atoms with Crippen LogP contribution < -0.4 is 4.40 Å². The standard InChI is InChI=1S/C18H18NS2/c1-12-11-21-17-10-16-14-8-4-3-6-13(14)7-5-9-15(16)18(20-2)19(12)17/h3-4,6,8,10-11H,5,7,9H2,1-2H3/q+1. The number of hydrogen-bond acceptors (Lipinski definition) is 2. The van der Waals surface area contributed by atoms with Gasteiger partial charge in [-0.1, -0.05) is 47.4 Å². The molecule has 4 rings (SSSR count). The van der Waals surface area contributed by atoms with Gasteiger partial charge in [0.05, 0.1) is 5.38 Å². The Balaban J connectivity index is 2.12. The first-order valence-electron chi connectivity index (χ1n) is 7.37. The van der Waals surface area contributed by atoms with Gasteiger partial charge < -0.3 is 0 Å². The van der Waals surface area contributed by atoms with Crippen molar-refractivity contribution in [3.05, 3.63) is 52.5 Å². The van der Waals surface area contributed by atoms with E-state index in [1.54, 1.807) is 0 Å². The van der Waals surface area contributed by atoms with Crippen molar-refractivity contribution in [2.24, 2.45) is 0 Å². The predicted octanol–water partition coefficient (Wildman–Crippen LogP) is 4.67. The molecule has 1 aliphatic carbocycles. The van der Waals surface area contributed by atoms with Gasteiger partial charge in [-0.15, -0.1) is 4.40 Å². The molecule has 1 aromatic carbocycles. The molecule has 0 fully saturated rings. The third-order valence-electron chi connectivity index (χ3n) is 4.35. The number of rotatable bonds is 1. The van der Waals surface area contributed by atoms with E-state index in [1.165, 1.54) is 57.1 Å². The van der Waals surface area contributed by atoms with Crippen LogP contribution in [0.25, 0.3) is 16.0 Å². The molecule has 0 bridgehead atoms. The Hall–Kier alpha value is -1.32. The minimum Gasteiger partial charge on any atom is -0.142 e. The fraction of sp³-hybridized carbons (Fsp3) is 0.278. The summed E-state index contributed by atoms with van der Waals surface area (Å²) in [4.78, 5) is 1.35. The molecule has 106 valence electrons. The van der Waals surface area contributed by atoms with Crippen LogP contribution in [-0.4, -0.2) is 6.26 Å². The van der Waals surface area contributed by atoms with Crippen LogP contribution in [0.2, 0.25) is 0 Å². The van der Waals surface area contributed by atoms with Crippen LogP contribution in [0.3, 0.4) is 0 Å². The molecular weight excluding hydrogens is 294 g/mol. The zero-order valence-corrected chi connectivity index (χ0v) is 14.0. The molecule has 0 saturated heterocycles. The summed E-state index contributed by atoms with van der Waals surface area (Å²) in [5.74, 6) is 0. The van der Waals surface area contributed by atoms with Gasteiger partial charge in [0.2, 0.25) is 5.03 Å². The number of nitrogens with zero attached hydrogens (tertiary/aromatic N) is 1. The van der Waals surface area contributed by atoms with Crippen molar-refractivity contribution < 1.29 is 4.40 Å². The molecule has 0 radical (unpaired) electrons. The molecule has 2 aromatic heterocycles. The zero-order chi connectivity index (χ0) is 14.4. The number of hydrogen-bond donors (Lipinski definition) is 0. The van der Waals surface area contributed by atoms with Gasteiger partial charge in [0.25, 0.3) is 4.83 Å². The van der Waals surface area contributed by atoms with Gasteiger partial charge in [-0.25, -0.2) is 0 Å². The molecule has 21 heavy (non-hydrogen) atoms. The number of fused-ring (bicyclic) bond motifs is 4. The smallest absolute Gasteiger partial charge is 0.142 e. The number of pyridine rings is 1. The van der Waals surface area contributed by atoms with Gasteiger partial charge in [-0.2, -0.15) is 0 Å². The van der Waals surface area contributed by atoms with Crippen LogP contribution in [-0.2, 0) is 12.8 Å². The van der Waals surface area contributed by atoms with E-state index >= 15 is 0 Å². The molecule has 0 saturated carbocycles. The van der Waals surface area contributed by atoms with Gasteiger partial charge in [0.1, 0.15) is 0 Å². The fourth-order valence-corrected chi connectivity index (χ4v) is 5.26. The second-order valence-electron chi connectivity index (χ2n) is 5.61. The first-order chi connectivity index (χ1) is 10.3. The molecule has 1 nitrogen and oxygen atoms in total. The SMILES string of the molecule is CSc1c2c(cc3scc(C)[n+]13)-c1ccccc1CCC2. The number of aromatic nitrogens is 1. The van der Waals surface area contributed by atoms with E-state index in [2.05, 4.69) is 53.3 Å². The molecule has 3 aromatic rings. The largest absolute Gasteiger partial charge is 0.268 e. The van der Waals surface area contributed by atoms with Crippen molar-refractivity contribution in [2.75, 3.05) is 6.26 Å². The quantitative estimate of drug-likeness (QED) is 0.466. The second kappa shape index (κ2) is 5.15. The van der Waals surface area contributed by atoms with Crippen molar-refractivity contribution in [2.45, 2.75) is 31.2 Å². The van der Waals surface area contributed by atoms with Crippen LogP contribution in [0, 0.1) is 6.92 Å². The van der Waals surface area contributed by atoms with E-state index in [4.69, 9.17) is 0 Å². The molecule has 0 atom stereocenters. The highest BCUT2D eigenvalue weighted by Gasteiger charge is 2.26.